The van der Waals surface area contributed by atoms with Crippen molar-refractivity contribution in [2.24, 2.45) is 0 Å². The number of carbonyl (C=O) groups is 1. The molecule has 5 rings (SSSR count). The Morgan fingerprint density at radius 2 is 1.80 bits per heavy atom. The highest BCUT2D eigenvalue weighted by molar-refractivity contribution is 7.93. The molecule has 1 unspecified atom stereocenters. The van der Waals surface area contributed by atoms with Crippen LogP contribution in [-0.4, -0.2) is 45.3 Å². The fourth-order valence-electron chi connectivity index (χ4n) is 4.63. The molecule has 0 radical (unpaired) electrons. The van der Waals surface area contributed by atoms with Crippen molar-refractivity contribution in [2.75, 3.05) is 30.3 Å². The minimum atomic E-state index is -3.25. The maximum atomic E-state index is 13.0. The number of aromatic nitrogens is 1. The first-order valence-corrected chi connectivity index (χ1v) is 13.2. The topological polar surface area (TPSA) is 91.5 Å². The van der Waals surface area contributed by atoms with E-state index < -0.39 is 10.0 Å². The molecule has 1 amide bonds. The number of aromatic amines is 1. The van der Waals surface area contributed by atoms with E-state index in [2.05, 4.69) is 16.4 Å². The van der Waals surface area contributed by atoms with E-state index in [1.165, 1.54) is 4.31 Å². The number of hydrogen-bond donors (Lipinski definition) is 2. The number of carbonyl (C=O) groups excluding carboxylic acids is 1. The second-order valence-corrected chi connectivity index (χ2v) is 10.6. The maximum absolute atomic E-state index is 13.0. The fraction of sp³-hybridized carbons (Fsp3) is 0.222. The zero-order valence-electron chi connectivity index (χ0n) is 19.4. The van der Waals surface area contributed by atoms with Crippen LogP contribution in [0.1, 0.15) is 33.8 Å². The largest absolute Gasteiger partial charge is 0.497 e. The third-order valence-electron chi connectivity index (χ3n) is 6.50. The van der Waals surface area contributed by atoms with Gasteiger partial charge >= 0.3 is 0 Å². The van der Waals surface area contributed by atoms with Gasteiger partial charge in [0.05, 0.1) is 18.6 Å². The van der Waals surface area contributed by atoms with Crippen molar-refractivity contribution in [1.82, 2.24) is 10.3 Å². The summed E-state index contributed by atoms with van der Waals surface area (Å²) in [5.41, 5.74) is 4.28. The Balaban J connectivity index is 1.37. The number of amides is 1. The molecule has 3 aromatic carbocycles. The number of rotatable bonds is 7. The van der Waals surface area contributed by atoms with Gasteiger partial charge in [0.1, 0.15) is 5.75 Å². The van der Waals surface area contributed by atoms with E-state index >= 15 is 0 Å². The molecule has 2 N–H and O–H groups in total. The van der Waals surface area contributed by atoms with Crippen LogP contribution in [-0.2, 0) is 10.0 Å². The van der Waals surface area contributed by atoms with E-state index in [-0.39, 0.29) is 17.6 Å². The molecule has 2 heterocycles. The Hall–Kier alpha value is -3.78. The standard InChI is InChI=1S/C27H27N3O4S/c1-34-22-13-9-19(10-14-22)24(25-18-28-26-6-3-2-5-23(25)26)17-29-27(31)20-7-11-21(12-8-20)30-15-4-16-35(30,32)33/h2-3,5-14,18,24,28H,4,15-17H2,1H3,(H,29,31). The van der Waals surface area contributed by atoms with Gasteiger partial charge in [-0.15, -0.1) is 0 Å². The Kier molecular flexibility index (Phi) is 6.21. The van der Waals surface area contributed by atoms with E-state index in [0.717, 1.165) is 27.8 Å². The molecule has 1 fully saturated rings. The van der Waals surface area contributed by atoms with E-state index in [1.54, 1.807) is 31.4 Å². The number of nitrogens with zero attached hydrogens (tertiary/aromatic N) is 1. The molecule has 0 saturated carbocycles. The van der Waals surface area contributed by atoms with Gasteiger partial charge in [0.25, 0.3) is 5.91 Å². The lowest BCUT2D eigenvalue weighted by Crippen LogP contribution is -2.29. The second-order valence-electron chi connectivity index (χ2n) is 8.61. The van der Waals surface area contributed by atoms with E-state index in [0.29, 0.717) is 30.8 Å². The molecule has 7 nitrogen and oxygen atoms in total. The van der Waals surface area contributed by atoms with Crippen LogP contribution in [0.25, 0.3) is 10.9 Å². The first-order valence-electron chi connectivity index (χ1n) is 11.5. The number of methoxy groups -OCH3 is 1. The molecule has 1 aliphatic rings. The van der Waals surface area contributed by atoms with Crippen molar-refractivity contribution in [2.45, 2.75) is 12.3 Å². The minimum Gasteiger partial charge on any atom is -0.497 e. The molecule has 8 heteroatoms. The number of hydrogen-bond acceptors (Lipinski definition) is 4. The molecule has 1 saturated heterocycles. The molecule has 0 bridgehead atoms. The van der Waals surface area contributed by atoms with Gasteiger partial charge < -0.3 is 15.0 Å². The summed E-state index contributed by atoms with van der Waals surface area (Å²) in [6.07, 6.45) is 2.61. The molecule has 0 aliphatic carbocycles. The van der Waals surface area contributed by atoms with Crippen LogP contribution >= 0.6 is 0 Å². The van der Waals surface area contributed by atoms with Crippen LogP contribution in [0.15, 0.2) is 79.0 Å². The van der Waals surface area contributed by atoms with Gasteiger partial charge in [0, 0.05) is 41.7 Å². The fourth-order valence-corrected chi connectivity index (χ4v) is 6.20. The first-order chi connectivity index (χ1) is 17.0. The lowest BCUT2D eigenvalue weighted by molar-refractivity contribution is 0.0952. The van der Waals surface area contributed by atoms with Crippen LogP contribution in [0.2, 0.25) is 0 Å². The van der Waals surface area contributed by atoms with Gasteiger partial charge in [-0.1, -0.05) is 30.3 Å². The number of para-hydroxylation sites is 1. The van der Waals surface area contributed by atoms with Crippen molar-refractivity contribution in [1.29, 1.82) is 0 Å². The number of nitrogens with one attached hydrogen (secondary N) is 2. The van der Waals surface area contributed by atoms with Crippen LogP contribution < -0.4 is 14.4 Å². The van der Waals surface area contributed by atoms with Gasteiger partial charge in [0.2, 0.25) is 10.0 Å². The second kappa shape index (κ2) is 9.46. The van der Waals surface area contributed by atoms with Gasteiger partial charge in [0.15, 0.2) is 0 Å². The Bertz CT molecular complexity index is 1440. The summed E-state index contributed by atoms with van der Waals surface area (Å²) in [6.45, 7) is 0.872. The highest BCUT2D eigenvalue weighted by Crippen LogP contribution is 2.31. The Morgan fingerprint density at radius 1 is 1.06 bits per heavy atom. The average molecular weight is 490 g/mol. The lowest BCUT2D eigenvalue weighted by Gasteiger charge is -2.19. The highest BCUT2D eigenvalue weighted by Gasteiger charge is 2.28. The van der Waals surface area contributed by atoms with Crippen LogP contribution in [0.3, 0.4) is 0 Å². The summed E-state index contributed by atoms with van der Waals surface area (Å²) >= 11 is 0. The van der Waals surface area contributed by atoms with Crippen molar-refractivity contribution >= 4 is 32.5 Å². The van der Waals surface area contributed by atoms with Gasteiger partial charge in [-0.25, -0.2) is 8.42 Å². The van der Waals surface area contributed by atoms with Gasteiger partial charge in [-0.05, 0) is 60.0 Å². The summed E-state index contributed by atoms with van der Waals surface area (Å²) in [5, 5.41) is 4.18. The molecule has 4 aromatic rings. The number of fused-ring (bicyclic) bond motifs is 1. The number of benzene rings is 3. The van der Waals surface area contributed by atoms with Crippen LogP contribution in [0, 0.1) is 0 Å². The van der Waals surface area contributed by atoms with Crippen molar-refractivity contribution < 1.29 is 17.9 Å². The lowest BCUT2D eigenvalue weighted by atomic mass is 9.90. The van der Waals surface area contributed by atoms with Gasteiger partial charge in [-0.3, -0.25) is 9.10 Å². The van der Waals surface area contributed by atoms with Crippen LogP contribution in [0.4, 0.5) is 5.69 Å². The Morgan fingerprint density at radius 3 is 2.49 bits per heavy atom. The Labute approximate surface area is 204 Å². The summed E-state index contributed by atoms with van der Waals surface area (Å²) in [7, 11) is -1.62. The molecule has 180 valence electrons. The number of anilines is 1. The number of ether oxygens (including phenoxy) is 1. The molecule has 1 aliphatic heterocycles. The quantitative estimate of drug-likeness (QED) is 0.405. The predicted molar refractivity (Wildman–Crippen MR) is 138 cm³/mol. The highest BCUT2D eigenvalue weighted by atomic mass is 32.2. The van der Waals surface area contributed by atoms with Crippen molar-refractivity contribution in [3.63, 3.8) is 0 Å². The summed E-state index contributed by atoms with van der Waals surface area (Å²) in [4.78, 5) is 16.3. The van der Waals surface area contributed by atoms with E-state index in [4.69, 9.17) is 4.74 Å². The summed E-state index contributed by atoms with van der Waals surface area (Å²) in [6, 6.07) is 22.7. The summed E-state index contributed by atoms with van der Waals surface area (Å²) < 4.78 is 31.1. The molecule has 1 aromatic heterocycles. The molecular formula is C27H27N3O4S. The minimum absolute atomic E-state index is 0.0741. The first kappa shape index (κ1) is 23.0. The predicted octanol–water partition coefficient (Wildman–Crippen LogP) is 4.28. The third kappa shape index (κ3) is 4.61. The molecular weight excluding hydrogens is 462 g/mol. The third-order valence-corrected chi connectivity index (χ3v) is 8.37. The van der Waals surface area contributed by atoms with Crippen molar-refractivity contribution in [3.8, 4) is 5.75 Å². The molecule has 35 heavy (non-hydrogen) atoms. The normalized spacial score (nSPS) is 15.7. The van der Waals surface area contributed by atoms with Gasteiger partial charge in [-0.2, -0.15) is 0 Å². The monoisotopic (exact) mass is 489 g/mol. The molecule has 1 atom stereocenters. The number of H-pyrrole nitrogens is 1. The average Bonchev–Trinajstić information content (AvgIpc) is 3.47. The van der Waals surface area contributed by atoms with E-state index in [9.17, 15) is 13.2 Å². The molecule has 0 spiro atoms. The summed E-state index contributed by atoms with van der Waals surface area (Å²) in [5.74, 6) is 0.653. The van der Waals surface area contributed by atoms with Crippen molar-refractivity contribution in [3.05, 3.63) is 95.7 Å². The van der Waals surface area contributed by atoms with Crippen LogP contribution in [0.5, 0.6) is 5.75 Å². The zero-order valence-corrected chi connectivity index (χ0v) is 20.2. The zero-order chi connectivity index (χ0) is 24.4. The smallest absolute Gasteiger partial charge is 0.251 e. The number of sulfonamides is 1. The maximum Gasteiger partial charge on any atom is 0.251 e. The SMILES string of the molecule is COc1ccc(C(CNC(=O)c2ccc(N3CCCS3(=O)=O)cc2)c2c[nH]c3ccccc23)cc1. The van der Waals surface area contributed by atoms with E-state index in [1.807, 2.05) is 48.7 Å².